The molecule has 5 rings (SSSR count). The molecule has 0 heterocycles. The van der Waals surface area contributed by atoms with Crippen molar-refractivity contribution < 1.29 is 17.7 Å². The van der Waals surface area contributed by atoms with E-state index in [1.54, 1.807) is 0 Å². The third-order valence-corrected chi connectivity index (χ3v) is 6.36. The van der Waals surface area contributed by atoms with Gasteiger partial charge in [-0.25, -0.2) is 0 Å². The molecule has 0 saturated carbocycles. The van der Waals surface area contributed by atoms with Gasteiger partial charge in [0, 0.05) is 16.8 Å². The maximum absolute atomic E-state index is 9.19. The predicted octanol–water partition coefficient (Wildman–Crippen LogP) is 7.30. The van der Waals surface area contributed by atoms with Crippen LogP contribution in [0.1, 0.15) is 48.6 Å². The van der Waals surface area contributed by atoms with Crippen molar-refractivity contribution in [1.82, 2.24) is 0 Å². The maximum atomic E-state index is 9.19. The summed E-state index contributed by atoms with van der Waals surface area (Å²) >= 11 is 0. The average molecular weight is 558 g/mol. The molecule has 0 aromatic heterocycles. The van der Waals surface area contributed by atoms with Crippen LogP contribution in [0.4, 0.5) is 11.4 Å². The van der Waals surface area contributed by atoms with Gasteiger partial charge in [-0.05, 0) is 56.8 Å². The molecule has 4 aromatic rings. The number of guanidine groups is 1. The van der Waals surface area contributed by atoms with E-state index in [9.17, 15) is 8.42 Å². The van der Waals surface area contributed by atoms with E-state index in [1.165, 1.54) is 27.6 Å². The summed E-state index contributed by atoms with van der Waals surface area (Å²) in [6.07, 6.45) is 4.99. The Kier molecular flexibility index (Phi) is 8.73. The van der Waals surface area contributed by atoms with Crippen molar-refractivity contribution in [2.75, 3.05) is 16.9 Å². The molecule has 4 aromatic carbocycles. The molecular weight excluding hydrogens is 522 g/mol. The number of benzene rings is 4. The summed E-state index contributed by atoms with van der Waals surface area (Å²) < 4.78 is 31.8. The van der Waals surface area contributed by atoms with Crippen molar-refractivity contribution >= 4 is 50.4 Å². The Labute approximate surface area is 236 Å². The quantitative estimate of drug-likeness (QED) is 0.0990. The predicted molar refractivity (Wildman–Crippen MR) is 165 cm³/mol. The van der Waals surface area contributed by atoms with Gasteiger partial charge in [-0.1, -0.05) is 93.6 Å². The topological polar surface area (TPSA) is 112 Å². The first-order valence-electron chi connectivity index (χ1n) is 12.9. The first-order chi connectivity index (χ1) is 18.9. The summed E-state index contributed by atoms with van der Waals surface area (Å²) in [6.45, 7) is 7.74. The van der Waals surface area contributed by atoms with Crippen LogP contribution in [0.25, 0.3) is 22.9 Å². The number of hydrogen-bond acceptors (Lipinski definition) is 4. The molecular formula is C32H35N3O4S. The van der Waals surface area contributed by atoms with Crippen molar-refractivity contribution in [3.05, 3.63) is 107 Å². The van der Waals surface area contributed by atoms with Gasteiger partial charge in [-0.2, -0.15) is 8.42 Å². The smallest absolute Gasteiger partial charge is 0.261 e. The molecule has 0 fully saturated rings. The van der Waals surface area contributed by atoms with Crippen LogP contribution in [-0.4, -0.2) is 25.2 Å². The van der Waals surface area contributed by atoms with Gasteiger partial charge in [0.25, 0.3) is 10.1 Å². The second-order valence-corrected chi connectivity index (χ2v) is 12.3. The van der Waals surface area contributed by atoms with E-state index in [-0.39, 0.29) is 11.4 Å². The van der Waals surface area contributed by atoms with Crippen molar-refractivity contribution in [2.24, 2.45) is 0 Å². The normalized spacial score (nSPS) is 12.1. The molecule has 4 N–H and O–H groups in total. The summed E-state index contributed by atoms with van der Waals surface area (Å²) in [5.41, 5.74) is 7.92. The molecule has 1 aliphatic rings. The van der Waals surface area contributed by atoms with Crippen LogP contribution in [0, 0.1) is 5.41 Å². The van der Waals surface area contributed by atoms with Crippen LogP contribution in [0.3, 0.4) is 0 Å². The highest BCUT2D eigenvalue weighted by molar-refractivity contribution is 7.85. The summed E-state index contributed by atoms with van der Waals surface area (Å²) in [6, 6.07) is 27.1. The van der Waals surface area contributed by atoms with E-state index in [0.717, 1.165) is 22.3 Å². The van der Waals surface area contributed by atoms with Gasteiger partial charge in [0.2, 0.25) is 0 Å². The molecule has 0 bridgehead atoms. The Balaban J connectivity index is 0.000000681. The lowest BCUT2D eigenvalue weighted by atomic mass is 9.87. The van der Waals surface area contributed by atoms with E-state index < -0.39 is 10.1 Å². The van der Waals surface area contributed by atoms with Crippen LogP contribution in [0.15, 0.2) is 78.9 Å². The molecule has 0 amide bonds. The van der Waals surface area contributed by atoms with Crippen molar-refractivity contribution in [3.8, 4) is 0 Å². The number of nitrogens with one attached hydrogen (secondary N) is 3. The molecule has 0 unspecified atom stereocenters. The molecule has 7 nitrogen and oxygen atoms in total. The monoisotopic (exact) mass is 557 g/mol. The minimum Gasteiger partial charge on any atom is -0.372 e. The Hall–Kier alpha value is -3.98. The highest BCUT2D eigenvalue weighted by Crippen LogP contribution is 2.35. The lowest BCUT2D eigenvalue weighted by Gasteiger charge is -2.19. The van der Waals surface area contributed by atoms with Gasteiger partial charge in [0.15, 0.2) is 5.96 Å². The fraction of sp³-hybridized carbons (Fsp3) is 0.219. The Morgan fingerprint density at radius 3 is 2.15 bits per heavy atom. The van der Waals surface area contributed by atoms with Crippen molar-refractivity contribution in [2.45, 2.75) is 39.4 Å². The lowest BCUT2D eigenvalue weighted by Crippen LogP contribution is -2.20. The zero-order valence-corrected chi connectivity index (χ0v) is 24.0. The lowest BCUT2D eigenvalue weighted by molar-refractivity contribution is 0.107. The number of hydrogen-bond donors (Lipinski definition) is 4. The highest BCUT2D eigenvalue weighted by Gasteiger charge is 2.13. The van der Waals surface area contributed by atoms with Crippen LogP contribution < -0.4 is 10.6 Å². The van der Waals surface area contributed by atoms with Gasteiger partial charge < -0.3 is 15.4 Å². The first kappa shape index (κ1) is 29.0. The molecule has 0 spiro atoms. The molecule has 40 heavy (non-hydrogen) atoms. The van der Waals surface area contributed by atoms with E-state index in [1.807, 2.05) is 30.3 Å². The minimum atomic E-state index is -3.67. The van der Waals surface area contributed by atoms with Gasteiger partial charge in [-0.15, -0.1) is 0 Å². The highest BCUT2D eigenvalue weighted by atomic mass is 32.2. The van der Waals surface area contributed by atoms with E-state index in [0.29, 0.717) is 19.5 Å². The van der Waals surface area contributed by atoms with Gasteiger partial charge >= 0.3 is 0 Å². The van der Waals surface area contributed by atoms with Gasteiger partial charge in [0.05, 0.1) is 19.5 Å². The zero-order chi connectivity index (χ0) is 28.9. The second kappa shape index (κ2) is 12.0. The van der Waals surface area contributed by atoms with Crippen LogP contribution in [0.2, 0.25) is 0 Å². The summed E-state index contributed by atoms with van der Waals surface area (Å²) in [5, 5.41) is 17.2. The van der Waals surface area contributed by atoms with Crippen molar-refractivity contribution in [3.63, 3.8) is 0 Å². The third kappa shape index (κ3) is 8.02. The maximum Gasteiger partial charge on any atom is 0.261 e. The van der Waals surface area contributed by atoms with E-state index in [2.05, 4.69) is 92.1 Å². The fourth-order valence-electron chi connectivity index (χ4n) is 4.47. The Morgan fingerprint density at radius 2 is 1.48 bits per heavy atom. The summed E-state index contributed by atoms with van der Waals surface area (Å²) in [7, 11) is -3.67. The second-order valence-electron chi connectivity index (χ2n) is 10.8. The van der Waals surface area contributed by atoms with Gasteiger partial charge in [0.1, 0.15) is 0 Å². The van der Waals surface area contributed by atoms with Crippen LogP contribution in [-0.2, 0) is 33.5 Å². The largest absolute Gasteiger partial charge is 0.372 e. The van der Waals surface area contributed by atoms with Crippen molar-refractivity contribution in [1.29, 1.82) is 5.41 Å². The standard InChI is InChI=1S/C31H31N3O.CH4O3S/c1-31(2,3)25-15-10-21(11-16-25)19-35-20-22-6-4-8-26(18-22)33-30(32)34-28-17-14-24-13-12-23-7-5-9-27(28)29(23)24;1-5(2,3)4/h4-18H,19-20H2,1-3H3,(H3,32,33,34);1H3,(H,2,3,4). The molecule has 208 valence electrons. The number of rotatable bonds is 6. The molecule has 8 heteroatoms. The Morgan fingerprint density at radius 1 is 0.850 bits per heavy atom. The van der Waals surface area contributed by atoms with Crippen LogP contribution in [0.5, 0.6) is 0 Å². The number of ether oxygens (including phenoxy) is 1. The summed E-state index contributed by atoms with van der Waals surface area (Å²) in [4.78, 5) is 0. The fourth-order valence-corrected chi connectivity index (χ4v) is 4.47. The van der Waals surface area contributed by atoms with Crippen LogP contribution >= 0.6 is 0 Å². The molecule has 0 saturated heterocycles. The summed E-state index contributed by atoms with van der Waals surface area (Å²) in [5.74, 6) is 0.230. The third-order valence-electron chi connectivity index (χ3n) is 6.36. The first-order valence-corrected chi connectivity index (χ1v) is 14.8. The average Bonchev–Trinajstić information content (AvgIpc) is 3.29. The minimum absolute atomic E-state index is 0.154. The van der Waals surface area contributed by atoms with E-state index >= 15 is 0 Å². The SMILES string of the molecule is CC(C)(C)c1ccc(COCc2cccc(NC(=N)Nc3ccc4c5c(cccc35)C=C4)c2)cc1.CS(=O)(=O)O. The van der Waals surface area contributed by atoms with E-state index in [4.69, 9.17) is 14.7 Å². The Bertz CT molecular complexity index is 1630. The molecule has 0 radical (unpaired) electrons. The molecule has 1 aliphatic carbocycles. The zero-order valence-electron chi connectivity index (χ0n) is 23.2. The number of anilines is 2. The molecule has 0 aliphatic heterocycles. The molecule has 0 atom stereocenters. The van der Waals surface area contributed by atoms with Gasteiger partial charge in [-0.3, -0.25) is 9.96 Å².